The van der Waals surface area contributed by atoms with Crippen molar-refractivity contribution >= 4 is 0 Å². The normalized spacial score (nSPS) is 13.2. The van der Waals surface area contributed by atoms with Gasteiger partial charge in [0.25, 0.3) is 0 Å². The first-order valence-corrected chi connectivity index (χ1v) is 4.92. The van der Waals surface area contributed by atoms with Crippen LogP contribution in [0.2, 0.25) is 0 Å². The van der Waals surface area contributed by atoms with Crippen LogP contribution in [0.3, 0.4) is 0 Å². The maximum Gasteiger partial charge on any atom is 0.0946 e. The predicted octanol–water partition coefficient (Wildman–Crippen LogP) is 1.35. The lowest BCUT2D eigenvalue weighted by Gasteiger charge is -2.09. The molecule has 0 radical (unpaired) electrons. The molecule has 0 aromatic carbocycles. The van der Waals surface area contributed by atoms with Gasteiger partial charge >= 0.3 is 0 Å². The lowest BCUT2D eigenvalue weighted by atomic mass is 10.2. The Balaban J connectivity index is 2.20. The molecule has 1 N–H and O–H groups in total. The van der Waals surface area contributed by atoms with Gasteiger partial charge in [-0.2, -0.15) is 0 Å². The van der Waals surface area contributed by atoms with E-state index in [1.54, 1.807) is 0 Å². The van der Waals surface area contributed by atoms with E-state index in [0.29, 0.717) is 6.04 Å². The molecule has 0 bridgehead atoms. The van der Waals surface area contributed by atoms with E-state index in [1.807, 2.05) is 17.9 Å². The van der Waals surface area contributed by atoms with Gasteiger partial charge in [-0.25, -0.2) is 4.98 Å². The van der Waals surface area contributed by atoms with E-state index < -0.39 is 0 Å². The average molecular weight is 181 g/mol. The molecule has 74 valence electrons. The molecule has 0 saturated carbocycles. The van der Waals surface area contributed by atoms with Crippen molar-refractivity contribution < 1.29 is 0 Å². The summed E-state index contributed by atoms with van der Waals surface area (Å²) < 4.78 is 1.98. The van der Waals surface area contributed by atoms with Crippen molar-refractivity contribution in [2.45, 2.75) is 32.7 Å². The number of imidazole rings is 1. The highest BCUT2D eigenvalue weighted by atomic mass is 15.0. The minimum Gasteiger partial charge on any atom is -0.340 e. The molecule has 1 atom stereocenters. The van der Waals surface area contributed by atoms with E-state index in [0.717, 1.165) is 13.0 Å². The maximum absolute atomic E-state index is 4.26. The summed E-state index contributed by atoms with van der Waals surface area (Å²) in [5, 5.41) is 3.44. The van der Waals surface area contributed by atoms with Crippen molar-refractivity contribution in [1.82, 2.24) is 14.9 Å². The Bertz CT molecular complexity index is 242. The fourth-order valence-electron chi connectivity index (χ4n) is 1.19. The molecule has 13 heavy (non-hydrogen) atoms. The van der Waals surface area contributed by atoms with Crippen molar-refractivity contribution in [2.24, 2.45) is 7.05 Å². The van der Waals surface area contributed by atoms with Crippen molar-refractivity contribution in [2.75, 3.05) is 6.54 Å². The first-order chi connectivity index (χ1) is 6.22. The second-order valence-corrected chi connectivity index (χ2v) is 3.54. The average Bonchev–Trinajstić information content (AvgIpc) is 2.51. The van der Waals surface area contributed by atoms with Gasteiger partial charge in [0.1, 0.15) is 0 Å². The molecule has 1 aromatic heterocycles. The summed E-state index contributed by atoms with van der Waals surface area (Å²) >= 11 is 0. The molecule has 0 fully saturated rings. The number of aromatic nitrogens is 2. The van der Waals surface area contributed by atoms with Gasteiger partial charge in [-0.05, 0) is 13.3 Å². The third-order valence-corrected chi connectivity index (χ3v) is 2.24. The number of aryl methyl sites for hydroxylation is 1. The summed E-state index contributed by atoms with van der Waals surface area (Å²) in [6.45, 7) is 5.42. The summed E-state index contributed by atoms with van der Waals surface area (Å²) in [5.74, 6) is 0. The van der Waals surface area contributed by atoms with Gasteiger partial charge in [-0.1, -0.05) is 6.92 Å². The minimum absolute atomic E-state index is 0.615. The van der Waals surface area contributed by atoms with E-state index in [4.69, 9.17) is 0 Å². The van der Waals surface area contributed by atoms with Gasteiger partial charge in [0.2, 0.25) is 0 Å². The number of rotatable bonds is 5. The highest BCUT2D eigenvalue weighted by molar-refractivity contribution is 4.96. The lowest BCUT2D eigenvalue weighted by Crippen LogP contribution is -2.27. The van der Waals surface area contributed by atoms with Gasteiger partial charge in [-0.15, -0.1) is 0 Å². The van der Waals surface area contributed by atoms with E-state index >= 15 is 0 Å². The molecule has 0 saturated heterocycles. The molecule has 0 aliphatic heterocycles. The number of nitrogens with zero attached hydrogens (tertiary/aromatic N) is 2. The molecule has 0 aliphatic carbocycles. The molecule has 0 aliphatic rings. The van der Waals surface area contributed by atoms with Crippen LogP contribution in [0.15, 0.2) is 12.5 Å². The second kappa shape index (κ2) is 5.02. The zero-order chi connectivity index (χ0) is 9.68. The summed E-state index contributed by atoms with van der Waals surface area (Å²) in [7, 11) is 2.00. The van der Waals surface area contributed by atoms with Crippen LogP contribution >= 0.6 is 0 Å². The van der Waals surface area contributed by atoms with Gasteiger partial charge < -0.3 is 9.88 Å². The van der Waals surface area contributed by atoms with Gasteiger partial charge in [-0.3, -0.25) is 0 Å². The summed E-state index contributed by atoms with van der Waals surface area (Å²) in [5.41, 5.74) is 1.17. The Morgan fingerprint density at radius 2 is 2.38 bits per heavy atom. The topological polar surface area (TPSA) is 29.9 Å². The number of hydrogen-bond acceptors (Lipinski definition) is 2. The van der Waals surface area contributed by atoms with Gasteiger partial charge in [0.15, 0.2) is 0 Å². The van der Waals surface area contributed by atoms with Crippen LogP contribution < -0.4 is 5.32 Å². The highest BCUT2D eigenvalue weighted by Crippen LogP contribution is 1.95. The maximum atomic E-state index is 4.26. The van der Waals surface area contributed by atoms with Crippen LogP contribution in [0.1, 0.15) is 26.0 Å². The SMILES string of the molecule is CCC(C)NCCc1cn(C)cn1. The second-order valence-electron chi connectivity index (χ2n) is 3.54. The van der Waals surface area contributed by atoms with Crippen LogP contribution in [0, 0.1) is 0 Å². The summed E-state index contributed by atoms with van der Waals surface area (Å²) in [6, 6.07) is 0.615. The molecular weight excluding hydrogens is 162 g/mol. The number of nitrogens with one attached hydrogen (secondary N) is 1. The zero-order valence-corrected chi connectivity index (χ0v) is 8.75. The van der Waals surface area contributed by atoms with E-state index in [2.05, 4.69) is 30.3 Å². The van der Waals surface area contributed by atoms with E-state index in [-0.39, 0.29) is 0 Å². The fraction of sp³-hybridized carbons (Fsp3) is 0.700. The molecule has 1 rings (SSSR count). The molecule has 0 spiro atoms. The standard InChI is InChI=1S/C10H19N3/c1-4-9(2)11-6-5-10-7-13(3)8-12-10/h7-9,11H,4-6H2,1-3H3. The minimum atomic E-state index is 0.615. The third kappa shape index (κ3) is 3.59. The third-order valence-electron chi connectivity index (χ3n) is 2.24. The number of hydrogen-bond donors (Lipinski definition) is 1. The van der Waals surface area contributed by atoms with E-state index in [9.17, 15) is 0 Å². The van der Waals surface area contributed by atoms with Crippen LogP contribution in [0.25, 0.3) is 0 Å². The Hall–Kier alpha value is -0.830. The molecule has 1 heterocycles. The molecule has 1 aromatic rings. The van der Waals surface area contributed by atoms with Gasteiger partial charge in [0.05, 0.1) is 12.0 Å². The van der Waals surface area contributed by atoms with Crippen molar-refractivity contribution in [1.29, 1.82) is 0 Å². The summed E-state index contributed by atoms with van der Waals surface area (Å²) in [4.78, 5) is 4.26. The van der Waals surface area contributed by atoms with Crippen LogP contribution in [-0.2, 0) is 13.5 Å². The quantitative estimate of drug-likeness (QED) is 0.743. The van der Waals surface area contributed by atoms with Gasteiger partial charge in [0, 0.05) is 32.3 Å². The summed E-state index contributed by atoms with van der Waals surface area (Å²) in [6.07, 6.45) is 6.12. The Labute approximate surface area is 80.2 Å². The largest absolute Gasteiger partial charge is 0.340 e. The van der Waals surface area contributed by atoms with Crippen LogP contribution in [-0.4, -0.2) is 22.1 Å². The molecule has 0 amide bonds. The molecule has 3 nitrogen and oxygen atoms in total. The Morgan fingerprint density at radius 3 is 2.92 bits per heavy atom. The first-order valence-electron chi connectivity index (χ1n) is 4.92. The van der Waals surface area contributed by atoms with Crippen molar-refractivity contribution in [3.05, 3.63) is 18.2 Å². The van der Waals surface area contributed by atoms with E-state index in [1.165, 1.54) is 12.1 Å². The van der Waals surface area contributed by atoms with Crippen molar-refractivity contribution in [3.8, 4) is 0 Å². The monoisotopic (exact) mass is 181 g/mol. The van der Waals surface area contributed by atoms with Crippen LogP contribution in [0.4, 0.5) is 0 Å². The van der Waals surface area contributed by atoms with Crippen LogP contribution in [0.5, 0.6) is 0 Å². The Kier molecular flexibility index (Phi) is 3.96. The molecule has 3 heteroatoms. The highest BCUT2D eigenvalue weighted by Gasteiger charge is 1.98. The zero-order valence-electron chi connectivity index (χ0n) is 8.75. The fourth-order valence-corrected chi connectivity index (χ4v) is 1.19. The lowest BCUT2D eigenvalue weighted by molar-refractivity contribution is 0.535. The van der Waals surface area contributed by atoms with Crippen molar-refractivity contribution in [3.63, 3.8) is 0 Å². The Morgan fingerprint density at radius 1 is 1.62 bits per heavy atom. The predicted molar refractivity (Wildman–Crippen MR) is 54.7 cm³/mol. The molecular formula is C10H19N3. The molecule has 1 unspecified atom stereocenters. The first kappa shape index (κ1) is 10.3. The smallest absolute Gasteiger partial charge is 0.0946 e.